The van der Waals surface area contributed by atoms with Crippen molar-refractivity contribution in [3.8, 4) is 0 Å². The molecule has 102 valence electrons. The first-order chi connectivity index (χ1) is 8.29. The van der Waals surface area contributed by atoms with Crippen molar-refractivity contribution in [3.05, 3.63) is 22.4 Å². The lowest BCUT2D eigenvalue weighted by Gasteiger charge is -2.32. The zero-order valence-electron chi connectivity index (χ0n) is 9.55. The molecule has 0 saturated heterocycles. The molecule has 0 amide bonds. The monoisotopic (exact) mass is 285 g/mol. The molecule has 0 aliphatic carbocycles. The fourth-order valence-corrected chi connectivity index (χ4v) is 2.43. The summed E-state index contributed by atoms with van der Waals surface area (Å²) >= 11 is 0.916. The van der Waals surface area contributed by atoms with Crippen LogP contribution in [0.25, 0.3) is 0 Å². The van der Waals surface area contributed by atoms with Gasteiger partial charge in [0.25, 0.3) is 0 Å². The molecule has 0 aromatic carbocycles. The third-order valence-electron chi connectivity index (χ3n) is 2.41. The van der Waals surface area contributed by atoms with E-state index in [1.807, 2.05) is 0 Å². The van der Waals surface area contributed by atoms with Gasteiger partial charge in [-0.2, -0.15) is 13.2 Å². The summed E-state index contributed by atoms with van der Waals surface area (Å²) in [4.78, 5) is 11.3. The number of hydrogen-bond acceptors (Lipinski definition) is 4. The maximum absolute atomic E-state index is 14.3. The Labute approximate surface area is 105 Å². The number of thiophene rings is 1. The summed E-state index contributed by atoms with van der Waals surface area (Å²) in [5, 5.41) is 3.68. The first kappa shape index (κ1) is 14.9. The van der Waals surface area contributed by atoms with Crippen LogP contribution in [-0.4, -0.2) is 32.0 Å². The van der Waals surface area contributed by atoms with E-state index < -0.39 is 23.9 Å². The largest absolute Gasteiger partial charge is 0.466 e. The molecule has 2 atom stereocenters. The number of hydrogen-bond donors (Lipinski definition) is 1. The molecule has 0 aliphatic rings. The lowest BCUT2D eigenvalue weighted by molar-refractivity contribution is -0.246. The molecule has 3 nitrogen and oxygen atoms in total. The van der Waals surface area contributed by atoms with Gasteiger partial charge in [-0.25, -0.2) is 9.18 Å². The van der Waals surface area contributed by atoms with Gasteiger partial charge in [-0.05, 0) is 18.5 Å². The minimum Gasteiger partial charge on any atom is -0.466 e. The van der Waals surface area contributed by atoms with Crippen LogP contribution < -0.4 is 5.32 Å². The standard InChI is InChI=1S/C10H11F4NO2S/c1-15-7(6-4-3-5-18-6)9(11,8(16)17-2)10(12,13)14/h3-5,7,15H,1-2H3. The molecule has 0 saturated carbocycles. The number of halogens is 4. The Morgan fingerprint density at radius 3 is 2.39 bits per heavy atom. The molecule has 1 rings (SSSR count). The van der Waals surface area contributed by atoms with Gasteiger partial charge in [0, 0.05) is 4.88 Å². The number of ether oxygens (including phenoxy) is 1. The fourth-order valence-electron chi connectivity index (χ4n) is 1.54. The van der Waals surface area contributed by atoms with Gasteiger partial charge < -0.3 is 10.1 Å². The molecule has 2 unspecified atom stereocenters. The minimum atomic E-state index is -5.38. The molecule has 0 radical (unpaired) electrons. The van der Waals surface area contributed by atoms with Crippen LogP contribution in [0.3, 0.4) is 0 Å². The molecule has 0 spiro atoms. The molecule has 1 N–H and O–H groups in total. The molecule has 1 heterocycles. The van der Waals surface area contributed by atoms with E-state index in [9.17, 15) is 22.4 Å². The normalized spacial score (nSPS) is 17.0. The van der Waals surface area contributed by atoms with Crippen molar-refractivity contribution in [2.45, 2.75) is 17.9 Å². The van der Waals surface area contributed by atoms with E-state index in [0.29, 0.717) is 7.11 Å². The highest BCUT2D eigenvalue weighted by atomic mass is 32.1. The van der Waals surface area contributed by atoms with E-state index in [0.717, 1.165) is 18.4 Å². The van der Waals surface area contributed by atoms with Crippen molar-refractivity contribution in [3.63, 3.8) is 0 Å². The first-order valence-corrected chi connectivity index (χ1v) is 5.71. The summed E-state index contributed by atoms with van der Waals surface area (Å²) < 4.78 is 56.8. The van der Waals surface area contributed by atoms with Crippen LogP contribution in [0.1, 0.15) is 10.9 Å². The van der Waals surface area contributed by atoms with E-state index >= 15 is 0 Å². The summed E-state index contributed by atoms with van der Waals surface area (Å²) in [5.74, 6) is -1.97. The molecule has 0 fully saturated rings. The zero-order valence-corrected chi connectivity index (χ0v) is 10.4. The molecular formula is C10H11F4NO2S. The molecule has 18 heavy (non-hydrogen) atoms. The lowest BCUT2D eigenvalue weighted by Crippen LogP contribution is -2.56. The predicted molar refractivity (Wildman–Crippen MR) is 58.0 cm³/mol. The van der Waals surface area contributed by atoms with Gasteiger partial charge in [-0.3, -0.25) is 0 Å². The van der Waals surface area contributed by atoms with Crippen LogP contribution in [-0.2, 0) is 9.53 Å². The third kappa shape index (κ3) is 2.35. The van der Waals surface area contributed by atoms with Crippen LogP contribution >= 0.6 is 11.3 Å². The number of rotatable bonds is 4. The van der Waals surface area contributed by atoms with Crippen molar-refractivity contribution >= 4 is 17.3 Å². The molecule has 0 bridgehead atoms. The summed E-state index contributed by atoms with van der Waals surface area (Å²) in [6.45, 7) is 0. The number of carbonyl (C=O) groups is 1. The Bertz CT molecular complexity index is 407. The van der Waals surface area contributed by atoms with E-state index in [-0.39, 0.29) is 4.88 Å². The van der Waals surface area contributed by atoms with E-state index in [4.69, 9.17) is 0 Å². The molecule has 1 aromatic rings. The highest BCUT2D eigenvalue weighted by molar-refractivity contribution is 7.10. The van der Waals surface area contributed by atoms with Gasteiger partial charge in [0.1, 0.15) is 0 Å². The quantitative estimate of drug-likeness (QED) is 0.682. The van der Waals surface area contributed by atoms with Crippen molar-refractivity contribution in [2.75, 3.05) is 14.2 Å². The average molecular weight is 285 g/mol. The van der Waals surface area contributed by atoms with E-state index in [1.54, 1.807) is 0 Å². The summed E-state index contributed by atoms with van der Waals surface area (Å²) in [6, 6.07) is 0.942. The number of carbonyl (C=O) groups excluding carboxylic acids is 1. The van der Waals surface area contributed by atoms with Crippen LogP contribution in [0.2, 0.25) is 0 Å². The molecule has 1 aromatic heterocycles. The number of methoxy groups -OCH3 is 1. The third-order valence-corrected chi connectivity index (χ3v) is 3.35. The average Bonchev–Trinajstić information content (AvgIpc) is 2.80. The van der Waals surface area contributed by atoms with Gasteiger partial charge >= 0.3 is 17.8 Å². The SMILES string of the molecule is CNC(c1cccs1)C(F)(C(=O)OC)C(F)(F)F. The summed E-state index contributed by atoms with van der Waals surface area (Å²) in [6.07, 6.45) is -5.38. The highest BCUT2D eigenvalue weighted by Crippen LogP contribution is 2.45. The van der Waals surface area contributed by atoms with Crippen LogP contribution in [0.5, 0.6) is 0 Å². The minimum absolute atomic E-state index is 0.0581. The Morgan fingerprint density at radius 2 is 2.06 bits per heavy atom. The van der Waals surface area contributed by atoms with Gasteiger partial charge in [0.15, 0.2) is 0 Å². The predicted octanol–water partition coefficient (Wildman–Crippen LogP) is 2.45. The Hall–Kier alpha value is -1.15. The number of esters is 1. The van der Waals surface area contributed by atoms with Crippen molar-refractivity contribution in [1.82, 2.24) is 5.32 Å². The highest BCUT2D eigenvalue weighted by Gasteiger charge is 2.67. The Morgan fingerprint density at radius 1 is 1.44 bits per heavy atom. The first-order valence-electron chi connectivity index (χ1n) is 4.83. The second-order valence-corrected chi connectivity index (χ2v) is 4.42. The Kier molecular flexibility index (Phi) is 4.33. The number of nitrogens with one attached hydrogen (secondary N) is 1. The van der Waals surface area contributed by atoms with Crippen molar-refractivity contribution in [2.24, 2.45) is 0 Å². The topological polar surface area (TPSA) is 38.3 Å². The molecule has 8 heteroatoms. The van der Waals surface area contributed by atoms with Gasteiger partial charge in [-0.1, -0.05) is 6.07 Å². The molecular weight excluding hydrogens is 274 g/mol. The lowest BCUT2D eigenvalue weighted by atomic mass is 9.94. The zero-order chi connectivity index (χ0) is 14.0. The second-order valence-electron chi connectivity index (χ2n) is 3.44. The fraction of sp³-hybridized carbons (Fsp3) is 0.500. The van der Waals surface area contributed by atoms with Gasteiger partial charge in [0.2, 0.25) is 0 Å². The smallest absolute Gasteiger partial charge is 0.435 e. The van der Waals surface area contributed by atoms with E-state index in [2.05, 4.69) is 10.1 Å². The second kappa shape index (κ2) is 5.23. The maximum atomic E-state index is 14.3. The molecule has 0 aliphatic heterocycles. The van der Waals surface area contributed by atoms with Crippen LogP contribution in [0, 0.1) is 0 Å². The van der Waals surface area contributed by atoms with Gasteiger partial charge in [0.05, 0.1) is 13.2 Å². The maximum Gasteiger partial charge on any atom is 0.435 e. The number of alkyl halides is 4. The van der Waals surface area contributed by atoms with Crippen LogP contribution in [0.4, 0.5) is 17.6 Å². The summed E-state index contributed by atoms with van der Waals surface area (Å²) in [5.41, 5.74) is -4.12. The van der Waals surface area contributed by atoms with Gasteiger partial charge in [-0.15, -0.1) is 11.3 Å². The van der Waals surface area contributed by atoms with Crippen molar-refractivity contribution in [1.29, 1.82) is 0 Å². The Balaban J connectivity index is 3.29. The van der Waals surface area contributed by atoms with Crippen molar-refractivity contribution < 1.29 is 27.1 Å². The van der Waals surface area contributed by atoms with E-state index in [1.165, 1.54) is 17.5 Å². The van der Waals surface area contributed by atoms with Crippen LogP contribution in [0.15, 0.2) is 17.5 Å². The summed E-state index contributed by atoms with van der Waals surface area (Å²) in [7, 11) is 1.86.